The summed E-state index contributed by atoms with van der Waals surface area (Å²) in [5.41, 5.74) is 3.07. The lowest BCUT2D eigenvalue weighted by atomic mass is 10.1. The van der Waals surface area contributed by atoms with Gasteiger partial charge in [0.15, 0.2) is 0 Å². The first kappa shape index (κ1) is 17.3. The van der Waals surface area contributed by atoms with Crippen molar-refractivity contribution in [2.24, 2.45) is 0 Å². The van der Waals surface area contributed by atoms with Crippen molar-refractivity contribution < 1.29 is 9.53 Å². The van der Waals surface area contributed by atoms with Crippen LogP contribution in [0.4, 0.5) is 0 Å². The van der Waals surface area contributed by atoms with Gasteiger partial charge in [-0.25, -0.2) is 9.48 Å². The average Bonchev–Trinajstić information content (AvgIpc) is 3.21. The third-order valence-electron chi connectivity index (χ3n) is 4.20. The summed E-state index contributed by atoms with van der Waals surface area (Å²) in [5, 5.41) is 13.5. The molecule has 5 heteroatoms. The molecule has 0 radical (unpaired) electrons. The minimum atomic E-state index is -0.509. The molecule has 0 bridgehead atoms. The predicted octanol–water partition coefficient (Wildman–Crippen LogP) is 4.63. The van der Waals surface area contributed by atoms with E-state index in [0.29, 0.717) is 22.6 Å². The zero-order valence-electron chi connectivity index (χ0n) is 14.8. The van der Waals surface area contributed by atoms with Crippen molar-refractivity contribution in [3.8, 4) is 28.8 Å². The lowest BCUT2D eigenvalue weighted by molar-refractivity contribution is 0.0735. The van der Waals surface area contributed by atoms with Crippen molar-refractivity contribution in [2.75, 3.05) is 0 Å². The van der Waals surface area contributed by atoms with Gasteiger partial charge in [-0.15, -0.1) is 0 Å². The molecule has 0 aliphatic carbocycles. The Hall–Kier alpha value is -4.17. The van der Waals surface area contributed by atoms with Crippen LogP contribution in [0.15, 0.2) is 91.1 Å². The van der Waals surface area contributed by atoms with E-state index in [0.717, 1.165) is 11.3 Å². The highest BCUT2D eigenvalue weighted by molar-refractivity contribution is 5.97. The van der Waals surface area contributed by atoms with E-state index in [2.05, 4.69) is 5.10 Å². The van der Waals surface area contributed by atoms with Crippen molar-refractivity contribution in [1.29, 1.82) is 5.26 Å². The molecule has 0 spiro atoms. The van der Waals surface area contributed by atoms with Crippen LogP contribution in [0.1, 0.15) is 15.9 Å². The number of nitrogens with zero attached hydrogens (tertiary/aromatic N) is 3. The number of para-hydroxylation sites is 1. The van der Waals surface area contributed by atoms with E-state index < -0.39 is 5.97 Å². The molecular weight excluding hydrogens is 350 g/mol. The molecule has 0 aliphatic heterocycles. The molecule has 0 saturated carbocycles. The minimum absolute atomic E-state index is 0.361. The second-order valence-corrected chi connectivity index (χ2v) is 6.06. The molecule has 0 unspecified atom stereocenters. The summed E-state index contributed by atoms with van der Waals surface area (Å²) in [6, 6.07) is 27.5. The number of hydrogen-bond donors (Lipinski definition) is 0. The van der Waals surface area contributed by atoms with Gasteiger partial charge in [0.05, 0.1) is 17.3 Å². The van der Waals surface area contributed by atoms with Crippen molar-refractivity contribution >= 4 is 5.97 Å². The maximum Gasteiger partial charge on any atom is 0.347 e. The summed E-state index contributed by atoms with van der Waals surface area (Å²) in [4.78, 5) is 12.9. The Kier molecular flexibility index (Phi) is 4.68. The largest absolute Gasteiger partial charge is 0.423 e. The Bertz CT molecular complexity index is 1140. The predicted molar refractivity (Wildman–Crippen MR) is 105 cm³/mol. The maximum absolute atomic E-state index is 12.9. The second-order valence-electron chi connectivity index (χ2n) is 6.06. The third-order valence-corrected chi connectivity index (χ3v) is 4.20. The molecule has 0 amide bonds. The first-order valence-electron chi connectivity index (χ1n) is 8.67. The average molecular weight is 365 g/mol. The second kappa shape index (κ2) is 7.60. The topological polar surface area (TPSA) is 67.9 Å². The van der Waals surface area contributed by atoms with Crippen LogP contribution < -0.4 is 4.74 Å². The van der Waals surface area contributed by atoms with Crippen LogP contribution in [0.25, 0.3) is 16.9 Å². The highest BCUT2D eigenvalue weighted by atomic mass is 16.5. The van der Waals surface area contributed by atoms with Crippen molar-refractivity contribution in [1.82, 2.24) is 9.78 Å². The van der Waals surface area contributed by atoms with Gasteiger partial charge in [-0.1, -0.05) is 48.5 Å². The molecular formula is C23H15N3O2. The number of carbonyl (C=O) groups excluding carboxylic acids is 1. The van der Waals surface area contributed by atoms with Crippen molar-refractivity contribution in [2.45, 2.75) is 0 Å². The Morgan fingerprint density at radius 1 is 0.893 bits per heavy atom. The fourth-order valence-corrected chi connectivity index (χ4v) is 2.81. The van der Waals surface area contributed by atoms with Gasteiger partial charge in [0.25, 0.3) is 0 Å². The van der Waals surface area contributed by atoms with Crippen molar-refractivity contribution in [3.63, 3.8) is 0 Å². The van der Waals surface area contributed by atoms with Crippen LogP contribution in [0, 0.1) is 11.3 Å². The first-order valence-corrected chi connectivity index (χ1v) is 8.67. The number of rotatable bonds is 4. The van der Waals surface area contributed by atoms with Crippen LogP contribution in [0.2, 0.25) is 0 Å². The molecule has 5 nitrogen and oxygen atoms in total. The molecule has 0 atom stereocenters. The van der Waals surface area contributed by atoms with Gasteiger partial charge in [-0.2, -0.15) is 10.4 Å². The number of esters is 1. The normalized spacial score (nSPS) is 10.2. The van der Waals surface area contributed by atoms with E-state index in [1.165, 1.54) is 0 Å². The third kappa shape index (κ3) is 3.53. The molecule has 28 heavy (non-hydrogen) atoms. The summed E-state index contributed by atoms with van der Waals surface area (Å²) in [5.74, 6) is -0.138. The Morgan fingerprint density at radius 3 is 2.18 bits per heavy atom. The summed E-state index contributed by atoms with van der Waals surface area (Å²) in [6.45, 7) is 0. The summed E-state index contributed by atoms with van der Waals surface area (Å²) in [7, 11) is 0. The number of carbonyl (C=O) groups is 1. The molecule has 0 fully saturated rings. The Balaban J connectivity index is 1.72. The number of benzene rings is 3. The summed E-state index contributed by atoms with van der Waals surface area (Å²) >= 11 is 0. The number of nitriles is 1. The van der Waals surface area contributed by atoms with Gasteiger partial charge in [-0.05, 0) is 36.4 Å². The van der Waals surface area contributed by atoms with E-state index in [1.807, 2.05) is 66.7 Å². The first-order chi connectivity index (χ1) is 13.7. The molecule has 0 N–H and O–H groups in total. The quantitative estimate of drug-likeness (QED) is 0.391. The molecule has 0 aliphatic rings. The zero-order chi connectivity index (χ0) is 19.3. The Labute approximate surface area is 162 Å². The zero-order valence-corrected chi connectivity index (χ0v) is 14.8. The fourth-order valence-electron chi connectivity index (χ4n) is 2.81. The smallest absolute Gasteiger partial charge is 0.347 e. The molecule has 4 aromatic rings. The summed E-state index contributed by atoms with van der Waals surface area (Å²) < 4.78 is 7.17. The van der Waals surface area contributed by atoms with Crippen LogP contribution in [0.5, 0.6) is 5.75 Å². The molecule has 134 valence electrons. The van der Waals surface area contributed by atoms with Crippen LogP contribution in [-0.4, -0.2) is 15.7 Å². The standard InChI is InChI=1S/C23H15N3O2/c24-15-17-11-13-20(14-12-17)28-23(27)21-16-26(19-9-5-2-6-10-19)25-22(21)18-7-3-1-4-8-18/h1-14,16H. The van der Waals surface area contributed by atoms with E-state index >= 15 is 0 Å². The van der Waals surface area contributed by atoms with E-state index in [-0.39, 0.29) is 0 Å². The molecule has 0 saturated heterocycles. The van der Waals surface area contributed by atoms with E-state index in [1.54, 1.807) is 35.1 Å². The Morgan fingerprint density at radius 2 is 1.54 bits per heavy atom. The monoisotopic (exact) mass is 365 g/mol. The van der Waals surface area contributed by atoms with Gasteiger partial charge >= 0.3 is 5.97 Å². The van der Waals surface area contributed by atoms with Crippen LogP contribution >= 0.6 is 0 Å². The maximum atomic E-state index is 12.9. The highest BCUT2D eigenvalue weighted by Gasteiger charge is 2.20. The van der Waals surface area contributed by atoms with Crippen molar-refractivity contribution in [3.05, 3.63) is 102 Å². The lowest BCUT2D eigenvalue weighted by Gasteiger charge is -2.04. The van der Waals surface area contributed by atoms with Gasteiger partial charge in [0.2, 0.25) is 0 Å². The number of hydrogen-bond acceptors (Lipinski definition) is 4. The van der Waals surface area contributed by atoms with Crippen LogP contribution in [-0.2, 0) is 0 Å². The number of ether oxygens (including phenoxy) is 1. The van der Waals surface area contributed by atoms with Gasteiger partial charge in [0.1, 0.15) is 17.0 Å². The van der Waals surface area contributed by atoms with Crippen LogP contribution in [0.3, 0.4) is 0 Å². The van der Waals surface area contributed by atoms with E-state index in [9.17, 15) is 4.79 Å². The SMILES string of the molecule is N#Cc1ccc(OC(=O)c2cn(-c3ccccc3)nc2-c2ccccc2)cc1. The summed E-state index contributed by atoms with van der Waals surface area (Å²) in [6.07, 6.45) is 1.67. The minimum Gasteiger partial charge on any atom is -0.423 e. The van der Waals surface area contributed by atoms with Gasteiger partial charge in [-0.3, -0.25) is 0 Å². The number of aromatic nitrogens is 2. The lowest BCUT2D eigenvalue weighted by Crippen LogP contribution is -2.09. The van der Waals surface area contributed by atoms with Gasteiger partial charge < -0.3 is 4.74 Å². The molecule has 1 heterocycles. The van der Waals surface area contributed by atoms with E-state index in [4.69, 9.17) is 10.00 Å². The molecule has 4 rings (SSSR count). The molecule has 3 aromatic carbocycles. The van der Waals surface area contributed by atoms with Gasteiger partial charge in [0, 0.05) is 11.8 Å². The highest BCUT2D eigenvalue weighted by Crippen LogP contribution is 2.25. The fraction of sp³-hybridized carbons (Fsp3) is 0. The molecule has 1 aromatic heterocycles.